The van der Waals surface area contributed by atoms with Crippen LogP contribution in [0.2, 0.25) is 0 Å². The summed E-state index contributed by atoms with van der Waals surface area (Å²) in [6, 6.07) is 1.19. The number of carbonyl (C=O) groups excluding carboxylic acids is 1. The molecule has 0 aromatic carbocycles. The monoisotopic (exact) mass is 182 g/mol. The van der Waals surface area contributed by atoms with Gasteiger partial charge < -0.3 is 5.73 Å². The number of halogens is 1. The molecule has 0 amide bonds. The lowest BCUT2D eigenvalue weighted by Gasteiger charge is -1.98. The number of nitrogens with two attached hydrogens (primary N) is 1. The van der Waals surface area contributed by atoms with Crippen LogP contribution in [0.15, 0.2) is 18.5 Å². The van der Waals surface area contributed by atoms with Gasteiger partial charge in [0.05, 0.1) is 6.20 Å². The third kappa shape index (κ3) is 2.91. The normalized spacial score (nSPS) is 10.0. The first-order valence-corrected chi connectivity index (χ1v) is 4.08. The molecule has 0 spiro atoms. The summed E-state index contributed by atoms with van der Waals surface area (Å²) in [6.07, 6.45) is 3.40. The minimum absolute atomic E-state index is 0.113. The molecule has 3 nitrogen and oxygen atoms in total. The Morgan fingerprint density at radius 2 is 2.31 bits per heavy atom. The van der Waals surface area contributed by atoms with E-state index in [1.54, 1.807) is 0 Å². The summed E-state index contributed by atoms with van der Waals surface area (Å²) in [4.78, 5) is 14.9. The minimum atomic E-state index is -0.487. The molecule has 0 saturated carbocycles. The van der Waals surface area contributed by atoms with Crippen LogP contribution >= 0.6 is 0 Å². The largest absolute Gasteiger partial charge is 0.330 e. The van der Waals surface area contributed by atoms with Crippen LogP contribution in [-0.2, 0) is 0 Å². The fourth-order valence-corrected chi connectivity index (χ4v) is 0.971. The van der Waals surface area contributed by atoms with Gasteiger partial charge in [0.15, 0.2) is 5.78 Å². The van der Waals surface area contributed by atoms with E-state index in [2.05, 4.69) is 4.98 Å². The molecule has 0 radical (unpaired) electrons. The molecule has 0 bridgehead atoms. The summed E-state index contributed by atoms with van der Waals surface area (Å²) in [5.74, 6) is -0.601. The van der Waals surface area contributed by atoms with Crippen molar-refractivity contribution in [2.45, 2.75) is 12.8 Å². The van der Waals surface area contributed by atoms with Crippen molar-refractivity contribution in [1.29, 1.82) is 0 Å². The summed E-state index contributed by atoms with van der Waals surface area (Å²) in [6.45, 7) is 0.467. The van der Waals surface area contributed by atoms with Crippen molar-refractivity contribution in [3.05, 3.63) is 29.8 Å². The van der Waals surface area contributed by atoms with Gasteiger partial charge in [-0.1, -0.05) is 0 Å². The standard InChI is InChI=1S/C9H11FN2O/c10-8-4-7(5-12-6-8)9(13)2-1-3-11/h4-6H,1-3,11H2. The molecule has 1 aromatic heterocycles. The van der Waals surface area contributed by atoms with E-state index in [9.17, 15) is 9.18 Å². The van der Waals surface area contributed by atoms with E-state index in [4.69, 9.17) is 5.73 Å². The van der Waals surface area contributed by atoms with Gasteiger partial charge >= 0.3 is 0 Å². The highest BCUT2D eigenvalue weighted by Gasteiger charge is 2.05. The molecule has 1 aromatic rings. The number of aromatic nitrogens is 1. The lowest BCUT2D eigenvalue weighted by atomic mass is 10.1. The Hall–Kier alpha value is -1.29. The second kappa shape index (κ2) is 4.67. The van der Waals surface area contributed by atoms with Gasteiger partial charge in [-0.15, -0.1) is 0 Å². The zero-order chi connectivity index (χ0) is 9.68. The third-order valence-electron chi connectivity index (χ3n) is 1.63. The van der Waals surface area contributed by atoms with Gasteiger partial charge in [0.25, 0.3) is 0 Å². The molecule has 4 heteroatoms. The Bertz CT molecular complexity index is 301. The SMILES string of the molecule is NCCCC(=O)c1cncc(F)c1. The number of Topliss-reactive ketones (excluding diaryl/α,β-unsaturated/α-hetero) is 1. The van der Waals surface area contributed by atoms with Crippen molar-refractivity contribution < 1.29 is 9.18 Å². The van der Waals surface area contributed by atoms with Crippen LogP contribution in [0.25, 0.3) is 0 Å². The summed E-state index contributed by atoms with van der Waals surface area (Å²) >= 11 is 0. The van der Waals surface area contributed by atoms with Crippen LogP contribution < -0.4 is 5.73 Å². The Balaban J connectivity index is 2.66. The quantitative estimate of drug-likeness (QED) is 0.710. The number of ketones is 1. The molecule has 0 aliphatic heterocycles. The van der Waals surface area contributed by atoms with Crippen LogP contribution in [0.4, 0.5) is 4.39 Å². The number of rotatable bonds is 4. The molecule has 1 rings (SSSR count). The summed E-state index contributed by atoms with van der Waals surface area (Å²) < 4.78 is 12.6. The van der Waals surface area contributed by atoms with E-state index in [-0.39, 0.29) is 5.78 Å². The second-order valence-corrected chi connectivity index (χ2v) is 2.71. The van der Waals surface area contributed by atoms with Gasteiger partial charge in [0.1, 0.15) is 5.82 Å². The molecule has 0 aliphatic rings. The summed E-state index contributed by atoms with van der Waals surface area (Å²) in [5.41, 5.74) is 5.56. The zero-order valence-electron chi connectivity index (χ0n) is 7.16. The summed E-state index contributed by atoms with van der Waals surface area (Å²) in [7, 11) is 0. The van der Waals surface area contributed by atoms with E-state index in [1.165, 1.54) is 12.3 Å². The van der Waals surface area contributed by atoms with Crippen LogP contribution in [0.5, 0.6) is 0 Å². The molecule has 13 heavy (non-hydrogen) atoms. The Morgan fingerprint density at radius 1 is 1.54 bits per heavy atom. The van der Waals surface area contributed by atoms with Crippen LogP contribution in [0.3, 0.4) is 0 Å². The van der Waals surface area contributed by atoms with E-state index < -0.39 is 5.82 Å². The van der Waals surface area contributed by atoms with Gasteiger partial charge in [-0.25, -0.2) is 4.39 Å². The molecule has 0 fully saturated rings. The average molecular weight is 182 g/mol. The number of carbonyl (C=O) groups is 1. The molecule has 0 aliphatic carbocycles. The Morgan fingerprint density at radius 3 is 2.92 bits per heavy atom. The van der Waals surface area contributed by atoms with Crippen LogP contribution in [-0.4, -0.2) is 17.3 Å². The molecular weight excluding hydrogens is 171 g/mol. The molecule has 0 saturated heterocycles. The Labute approximate surface area is 75.8 Å². The van der Waals surface area contributed by atoms with Gasteiger partial charge in [0, 0.05) is 18.2 Å². The van der Waals surface area contributed by atoms with E-state index in [0.717, 1.165) is 6.20 Å². The fourth-order valence-electron chi connectivity index (χ4n) is 0.971. The van der Waals surface area contributed by atoms with E-state index in [0.29, 0.717) is 24.9 Å². The maximum Gasteiger partial charge on any atom is 0.164 e. The highest BCUT2D eigenvalue weighted by molar-refractivity contribution is 5.95. The van der Waals surface area contributed by atoms with E-state index in [1.807, 2.05) is 0 Å². The second-order valence-electron chi connectivity index (χ2n) is 2.71. The number of hydrogen-bond donors (Lipinski definition) is 1. The van der Waals surface area contributed by atoms with Crippen molar-refractivity contribution in [2.24, 2.45) is 5.73 Å². The van der Waals surface area contributed by atoms with Crippen molar-refractivity contribution >= 4 is 5.78 Å². The third-order valence-corrected chi connectivity index (χ3v) is 1.63. The lowest BCUT2D eigenvalue weighted by Crippen LogP contribution is -2.05. The molecule has 70 valence electrons. The topological polar surface area (TPSA) is 56.0 Å². The van der Waals surface area contributed by atoms with E-state index >= 15 is 0 Å². The fraction of sp³-hybridized carbons (Fsp3) is 0.333. The zero-order valence-corrected chi connectivity index (χ0v) is 7.16. The first-order valence-electron chi connectivity index (χ1n) is 4.08. The highest BCUT2D eigenvalue weighted by Crippen LogP contribution is 2.05. The Kier molecular flexibility index (Phi) is 3.52. The van der Waals surface area contributed by atoms with Crippen molar-refractivity contribution in [3.8, 4) is 0 Å². The molecule has 1 heterocycles. The molecule has 0 unspecified atom stereocenters. The molecule has 2 N–H and O–H groups in total. The maximum absolute atomic E-state index is 12.6. The number of pyridine rings is 1. The van der Waals surface area contributed by atoms with Crippen LogP contribution in [0.1, 0.15) is 23.2 Å². The predicted octanol–water partition coefficient (Wildman–Crippen LogP) is 1.14. The number of hydrogen-bond acceptors (Lipinski definition) is 3. The van der Waals surface area contributed by atoms with Crippen molar-refractivity contribution in [3.63, 3.8) is 0 Å². The average Bonchev–Trinajstić information content (AvgIpc) is 2.14. The van der Waals surface area contributed by atoms with Crippen LogP contribution in [0, 0.1) is 5.82 Å². The molecular formula is C9H11FN2O. The van der Waals surface area contributed by atoms with Crippen molar-refractivity contribution in [2.75, 3.05) is 6.54 Å². The first-order chi connectivity index (χ1) is 6.24. The number of nitrogens with zero attached hydrogens (tertiary/aromatic N) is 1. The first kappa shape index (κ1) is 9.80. The lowest BCUT2D eigenvalue weighted by molar-refractivity contribution is 0.0980. The predicted molar refractivity (Wildman–Crippen MR) is 46.8 cm³/mol. The smallest absolute Gasteiger partial charge is 0.164 e. The van der Waals surface area contributed by atoms with Gasteiger partial charge in [-0.2, -0.15) is 0 Å². The maximum atomic E-state index is 12.6. The van der Waals surface area contributed by atoms with Gasteiger partial charge in [-0.3, -0.25) is 9.78 Å². The van der Waals surface area contributed by atoms with Crippen molar-refractivity contribution in [1.82, 2.24) is 4.98 Å². The summed E-state index contributed by atoms with van der Waals surface area (Å²) in [5, 5.41) is 0. The molecule has 0 atom stereocenters. The highest BCUT2D eigenvalue weighted by atomic mass is 19.1. The van der Waals surface area contributed by atoms with Gasteiger partial charge in [0.2, 0.25) is 0 Å². The minimum Gasteiger partial charge on any atom is -0.330 e. The van der Waals surface area contributed by atoms with Gasteiger partial charge in [-0.05, 0) is 19.0 Å².